The molecule has 0 spiro atoms. The van der Waals surface area contributed by atoms with E-state index in [4.69, 9.17) is 61.6 Å². The minimum Gasteiger partial charge on any atom is -0.494 e. The van der Waals surface area contributed by atoms with Crippen LogP contribution >= 0.6 is 0 Å². The molecule has 30 atom stereocenters. The monoisotopic (exact) mass is 1430 g/mol. The van der Waals surface area contributed by atoms with Crippen LogP contribution in [0.1, 0.15) is 110 Å². The normalized spacial score (nSPS) is 39.5. The minimum atomic E-state index is -2.06. The van der Waals surface area contributed by atoms with Gasteiger partial charge in [0.25, 0.3) is 5.91 Å². The van der Waals surface area contributed by atoms with E-state index in [0.717, 1.165) is 53.4 Å². The highest BCUT2D eigenvalue weighted by Gasteiger charge is 2.58. The molecule has 5 amide bonds. The maximum atomic E-state index is 14.0. The first-order valence-electron chi connectivity index (χ1n) is 33.6. The fourth-order valence-corrected chi connectivity index (χ4v) is 13.0. The predicted molar refractivity (Wildman–Crippen MR) is 333 cm³/mol. The first kappa shape index (κ1) is 81.7. The van der Waals surface area contributed by atoms with Crippen molar-refractivity contribution in [2.75, 3.05) is 46.8 Å². The second-order valence-corrected chi connectivity index (χ2v) is 25.6. The lowest BCUT2D eigenvalue weighted by molar-refractivity contribution is -0.368. The molecule has 1 aromatic rings. The Kier molecular flexibility index (Phi) is 32.0. The quantitative estimate of drug-likeness (QED) is 0.0291. The Morgan fingerprint density at radius 1 is 0.434 bits per heavy atom. The third-order valence-corrected chi connectivity index (χ3v) is 18.2. The Bertz CT molecular complexity index is 2680. The predicted octanol–water partition coefficient (Wildman–Crippen LogP) is -6.50. The average molecular weight is 1430 g/mol. The number of hydrogen-bond donors (Lipinski definition) is 18. The fraction of sp³-hybridized carbons (Fsp3) is 0.825. The molecule has 6 aliphatic rings. The highest BCUT2D eigenvalue weighted by atomic mass is 16.8. The Hall–Kier alpha value is -4.63. The van der Waals surface area contributed by atoms with Crippen LogP contribution in [0.25, 0.3) is 0 Å². The van der Waals surface area contributed by atoms with Gasteiger partial charge in [0.05, 0.1) is 45.7 Å². The van der Waals surface area contributed by atoms with Gasteiger partial charge < -0.3 is 155 Å². The summed E-state index contributed by atoms with van der Waals surface area (Å²) in [6.45, 7) is 3.61. The zero-order valence-electron chi connectivity index (χ0n) is 56.4. The molecule has 0 bridgehead atoms. The number of carbonyl (C=O) groups is 5. The number of amides is 5. The van der Waals surface area contributed by atoms with Crippen molar-refractivity contribution >= 4 is 29.5 Å². The maximum Gasteiger partial charge on any atom is 0.251 e. The number of aliphatic hydroxyl groups is 13. The molecule has 13 unspecified atom stereocenters. The third-order valence-electron chi connectivity index (χ3n) is 18.2. The van der Waals surface area contributed by atoms with Gasteiger partial charge in [-0.25, -0.2) is 0 Å². The molecule has 6 aliphatic heterocycles. The van der Waals surface area contributed by atoms with E-state index in [1.54, 1.807) is 12.1 Å². The van der Waals surface area contributed by atoms with Crippen LogP contribution in [0.5, 0.6) is 5.75 Å². The molecule has 99 heavy (non-hydrogen) atoms. The second-order valence-electron chi connectivity index (χ2n) is 25.6. The summed E-state index contributed by atoms with van der Waals surface area (Å²) in [6.07, 6.45) is -33.4. The van der Waals surface area contributed by atoms with Crippen LogP contribution < -0.4 is 31.3 Å². The van der Waals surface area contributed by atoms with Gasteiger partial charge in [0.1, 0.15) is 146 Å². The number of rotatable bonds is 33. The summed E-state index contributed by atoms with van der Waals surface area (Å²) in [5.74, 6) is -3.63. The lowest BCUT2D eigenvalue weighted by Crippen LogP contribution is -2.72. The van der Waals surface area contributed by atoms with E-state index in [1.807, 2.05) is 0 Å². The van der Waals surface area contributed by atoms with E-state index in [9.17, 15) is 90.4 Å². The number of carbonyl (C=O) groups excluding carboxylic acids is 5. The molecule has 0 aromatic heterocycles. The molecule has 0 radical (unpaired) electrons. The van der Waals surface area contributed by atoms with Crippen molar-refractivity contribution in [3.05, 3.63) is 29.8 Å². The molecule has 6 fully saturated rings. The molecule has 6 saturated heterocycles. The van der Waals surface area contributed by atoms with Crippen molar-refractivity contribution in [2.24, 2.45) is 0 Å². The molecule has 1 aromatic carbocycles. The number of benzene rings is 1. The summed E-state index contributed by atoms with van der Waals surface area (Å²) in [7, 11) is 1.21. The topological polar surface area (TPSA) is 528 Å². The summed E-state index contributed by atoms with van der Waals surface area (Å²) < 4.78 is 78.0. The Morgan fingerprint density at radius 3 is 1.27 bits per heavy atom. The Balaban J connectivity index is 1.07. The van der Waals surface area contributed by atoms with Crippen molar-refractivity contribution in [1.29, 1.82) is 0 Å². The Morgan fingerprint density at radius 2 is 0.838 bits per heavy atom. The molecular formula is C63H103N5O31. The van der Waals surface area contributed by atoms with E-state index >= 15 is 0 Å². The third kappa shape index (κ3) is 21.1. The number of unbranched alkanes of at least 4 members (excludes halogenated alkanes) is 8. The van der Waals surface area contributed by atoms with Crippen molar-refractivity contribution in [2.45, 2.75) is 283 Å². The van der Waals surface area contributed by atoms with Crippen LogP contribution in [0.15, 0.2) is 24.3 Å². The van der Waals surface area contributed by atoms with Crippen LogP contribution in [0.3, 0.4) is 0 Å². The standard InChI is InChI=1S/C63H103N5O31/c1-8-9-10-11-12-13-14-15-16-20-88-33-19-17-18-32(21-33)57(85)68-40-46(79)45(78)34(22-69)92-59(40)96-52-35(23-70)93-60(41(48(52)81)65-29(4)74)97-53-36(24-71)94-61(42(49(53)82)66-30(5)75)98-54-37(25-72)95-62(43(50(54)83)67-31(6)76)99-55-38(91-58(86)39(47(55)80)64-28(3)73)26-89-63-56(87-7)51(84)44(77)27(2)90-63/h17-19,21,27,34-56,58-63,69-72,77-84,86H,8-16,20,22-26H2,1-7H3,(H,64,73)(H,65,74)(H,66,75)(H,67,76)(H,68,85)/t27?,34?,35-,36?,37-,38?,39-,40?,41?,42-,43?,44+,45+,46+,47+,48?,49+,50?,51?,52+,53?,54+,55?,56+,58?,59-,60-,61-,62-,63+/m0/s1. The maximum absolute atomic E-state index is 14.0. The molecule has 36 heteroatoms. The second kappa shape index (κ2) is 38.8. The van der Waals surface area contributed by atoms with Crippen LogP contribution in [0, 0.1) is 0 Å². The van der Waals surface area contributed by atoms with E-state index in [-0.39, 0.29) is 5.56 Å². The minimum absolute atomic E-state index is 0.0622. The smallest absolute Gasteiger partial charge is 0.251 e. The van der Waals surface area contributed by atoms with Gasteiger partial charge in [-0.05, 0) is 31.5 Å². The number of hydrogen-bond acceptors (Lipinski definition) is 31. The summed E-state index contributed by atoms with van der Waals surface area (Å²) in [6, 6.07) is -2.38. The summed E-state index contributed by atoms with van der Waals surface area (Å²) in [4.78, 5) is 65.1. The van der Waals surface area contributed by atoms with Crippen molar-refractivity contribution in [3.63, 3.8) is 0 Å². The van der Waals surface area contributed by atoms with Gasteiger partial charge in [0.2, 0.25) is 23.6 Å². The van der Waals surface area contributed by atoms with E-state index in [2.05, 4.69) is 33.5 Å². The van der Waals surface area contributed by atoms with Crippen molar-refractivity contribution in [1.82, 2.24) is 26.6 Å². The summed E-state index contributed by atoms with van der Waals surface area (Å²) in [5, 5.41) is 159. The average Bonchev–Trinajstić information content (AvgIpc) is 0.771. The van der Waals surface area contributed by atoms with Gasteiger partial charge in [-0.1, -0.05) is 64.4 Å². The van der Waals surface area contributed by atoms with Crippen LogP contribution in [-0.4, -0.2) is 327 Å². The first-order valence-corrected chi connectivity index (χ1v) is 33.6. The number of methoxy groups -OCH3 is 1. The highest BCUT2D eigenvalue weighted by Crippen LogP contribution is 2.37. The van der Waals surface area contributed by atoms with Gasteiger partial charge in [-0.15, -0.1) is 0 Å². The Labute approximate surface area is 572 Å². The van der Waals surface area contributed by atoms with Crippen LogP contribution in [-0.2, 0) is 76.0 Å². The number of nitrogens with one attached hydrogen (secondary N) is 5. The zero-order valence-corrected chi connectivity index (χ0v) is 56.4. The molecule has 36 nitrogen and oxygen atoms in total. The van der Waals surface area contributed by atoms with Crippen molar-refractivity contribution < 1.29 is 152 Å². The van der Waals surface area contributed by atoms with Crippen LogP contribution in [0.2, 0.25) is 0 Å². The zero-order chi connectivity index (χ0) is 72.5. The van der Waals surface area contributed by atoms with Gasteiger partial charge >= 0.3 is 0 Å². The van der Waals surface area contributed by atoms with Gasteiger partial charge in [-0.2, -0.15) is 0 Å². The fourth-order valence-electron chi connectivity index (χ4n) is 13.0. The van der Waals surface area contributed by atoms with Gasteiger partial charge in [0, 0.05) is 40.4 Å². The molecule has 18 N–H and O–H groups in total. The van der Waals surface area contributed by atoms with E-state index in [0.29, 0.717) is 12.4 Å². The largest absolute Gasteiger partial charge is 0.494 e. The first-order chi connectivity index (χ1) is 47.2. The van der Waals surface area contributed by atoms with Crippen molar-refractivity contribution in [3.8, 4) is 5.75 Å². The van der Waals surface area contributed by atoms with E-state index < -0.39 is 246 Å². The lowest BCUT2D eigenvalue weighted by atomic mass is 9.93. The molecule has 7 rings (SSSR count). The van der Waals surface area contributed by atoms with Gasteiger partial charge in [0.15, 0.2) is 37.7 Å². The molecule has 0 saturated carbocycles. The summed E-state index contributed by atoms with van der Waals surface area (Å²) in [5.41, 5.74) is 0.0622. The molecule has 6 heterocycles. The van der Waals surface area contributed by atoms with Crippen LogP contribution in [0.4, 0.5) is 0 Å². The lowest BCUT2D eigenvalue weighted by Gasteiger charge is -2.51. The van der Waals surface area contributed by atoms with E-state index in [1.165, 1.54) is 58.3 Å². The number of aliphatic hydroxyl groups excluding tert-OH is 13. The SMILES string of the molecule is CCCCCCCCCCCOc1cccc(C(=O)NC2[C@H](O[C@H]3C(O)C(NC(C)=O)[C@H](OC4C(CO)O[C@@H](O[C@H]5C(O)C(NC(C)=O)[C@H](OC6C(CO[C@@H]7OC(C)[C@@H](O)C(O)[C@H]7OC)OC(O)[C@@H](NC(C)=O)[C@H]6O)O[C@H]5CO)[C@@H](NC(C)=O)[C@H]4O)O[C@H]3CO)OC(CO)[C@@H](O)[C@@H]2O)c1. The molecular weight excluding hydrogens is 1320 g/mol. The molecule has 0 aliphatic carbocycles. The number of ether oxygens (including phenoxy) is 13. The highest BCUT2D eigenvalue weighted by molar-refractivity contribution is 5.94. The van der Waals surface area contributed by atoms with Gasteiger partial charge in [-0.3, -0.25) is 24.0 Å². The molecule has 566 valence electrons. The summed E-state index contributed by atoms with van der Waals surface area (Å²) >= 11 is 0.